The van der Waals surface area contributed by atoms with Gasteiger partial charge in [-0.15, -0.1) is 0 Å². The number of halogens is 2. The van der Waals surface area contributed by atoms with Gasteiger partial charge >= 0.3 is 0 Å². The number of rotatable bonds is 3. The minimum Gasteiger partial charge on any atom is -0.347 e. The summed E-state index contributed by atoms with van der Waals surface area (Å²) >= 11 is 12.1. The lowest BCUT2D eigenvalue weighted by atomic mass is 10.2. The summed E-state index contributed by atoms with van der Waals surface area (Å²) in [4.78, 5) is 12.4. The number of nitrogens with zero attached hydrogens (tertiary/aromatic N) is 1. The monoisotopic (exact) mass is 332 g/mol. The zero-order valence-corrected chi connectivity index (χ0v) is 13.4. The van der Waals surface area contributed by atoms with Gasteiger partial charge in [-0.1, -0.05) is 41.4 Å². The number of hydrogen-bond acceptors (Lipinski definition) is 1. The molecular weight excluding hydrogens is 319 g/mol. The molecule has 0 spiro atoms. The number of carbonyl (C=O) groups is 1. The van der Waals surface area contributed by atoms with E-state index < -0.39 is 0 Å². The van der Waals surface area contributed by atoms with Crippen LogP contribution >= 0.6 is 23.2 Å². The molecule has 3 nitrogen and oxygen atoms in total. The van der Waals surface area contributed by atoms with Crippen LogP contribution < -0.4 is 5.32 Å². The molecule has 3 rings (SSSR count). The number of aryl methyl sites for hydroxylation is 1. The molecule has 0 bridgehead atoms. The number of fused-ring (bicyclic) bond motifs is 1. The second-order valence-electron chi connectivity index (χ2n) is 5.07. The molecule has 22 heavy (non-hydrogen) atoms. The molecule has 3 aromatic rings. The summed E-state index contributed by atoms with van der Waals surface area (Å²) < 4.78 is 1.84. The minimum absolute atomic E-state index is 0.144. The van der Waals surface area contributed by atoms with Crippen LogP contribution in [0.15, 0.2) is 48.5 Å². The molecule has 0 aliphatic rings. The van der Waals surface area contributed by atoms with Gasteiger partial charge in [-0.2, -0.15) is 0 Å². The molecule has 0 unspecified atom stereocenters. The van der Waals surface area contributed by atoms with Gasteiger partial charge in [0.2, 0.25) is 0 Å². The maximum Gasteiger partial charge on any atom is 0.268 e. The second-order valence-corrected chi connectivity index (χ2v) is 5.92. The molecule has 1 N–H and O–H groups in total. The molecule has 1 heterocycles. The number of aromatic nitrogens is 1. The van der Waals surface area contributed by atoms with Gasteiger partial charge in [0.1, 0.15) is 5.69 Å². The third-order valence-electron chi connectivity index (χ3n) is 3.61. The van der Waals surface area contributed by atoms with Crippen molar-refractivity contribution >= 4 is 40.0 Å². The van der Waals surface area contributed by atoms with E-state index in [1.54, 1.807) is 6.07 Å². The first-order valence-corrected chi connectivity index (χ1v) is 7.58. The van der Waals surface area contributed by atoms with Crippen molar-refractivity contribution in [2.45, 2.75) is 6.54 Å². The highest BCUT2D eigenvalue weighted by molar-refractivity contribution is 6.35. The van der Waals surface area contributed by atoms with Gasteiger partial charge in [-0.25, -0.2) is 0 Å². The SMILES string of the molecule is Cn1c(C(=O)NCc2cccc(Cl)c2)cc2c(Cl)cccc21. The summed E-state index contributed by atoms with van der Waals surface area (Å²) in [5.74, 6) is -0.144. The van der Waals surface area contributed by atoms with Crippen molar-refractivity contribution in [3.63, 3.8) is 0 Å². The predicted octanol–water partition coefficient (Wildman–Crippen LogP) is 4.42. The quantitative estimate of drug-likeness (QED) is 0.757. The van der Waals surface area contributed by atoms with Crippen LogP contribution in [-0.4, -0.2) is 10.5 Å². The molecule has 0 saturated heterocycles. The first kappa shape index (κ1) is 14.9. The largest absolute Gasteiger partial charge is 0.347 e. The second kappa shape index (κ2) is 6.03. The van der Waals surface area contributed by atoms with E-state index in [1.807, 2.05) is 54.1 Å². The van der Waals surface area contributed by atoms with Crippen molar-refractivity contribution in [1.29, 1.82) is 0 Å². The highest BCUT2D eigenvalue weighted by Crippen LogP contribution is 2.26. The highest BCUT2D eigenvalue weighted by Gasteiger charge is 2.14. The van der Waals surface area contributed by atoms with Crippen molar-refractivity contribution in [2.75, 3.05) is 0 Å². The van der Waals surface area contributed by atoms with Crippen LogP contribution in [0.5, 0.6) is 0 Å². The lowest BCUT2D eigenvalue weighted by molar-refractivity contribution is 0.0943. The van der Waals surface area contributed by atoms with Crippen molar-refractivity contribution < 1.29 is 4.79 Å². The first-order chi connectivity index (χ1) is 10.6. The van der Waals surface area contributed by atoms with E-state index in [9.17, 15) is 4.79 Å². The lowest BCUT2D eigenvalue weighted by Gasteiger charge is -2.07. The van der Waals surface area contributed by atoms with E-state index >= 15 is 0 Å². The molecule has 112 valence electrons. The molecule has 0 fully saturated rings. The fourth-order valence-electron chi connectivity index (χ4n) is 2.46. The van der Waals surface area contributed by atoms with Gasteiger partial charge in [0.05, 0.1) is 0 Å². The average Bonchev–Trinajstić information content (AvgIpc) is 2.84. The smallest absolute Gasteiger partial charge is 0.268 e. The maximum absolute atomic E-state index is 12.4. The third kappa shape index (κ3) is 2.82. The summed E-state index contributed by atoms with van der Waals surface area (Å²) in [7, 11) is 1.85. The maximum atomic E-state index is 12.4. The van der Waals surface area contributed by atoms with Crippen molar-refractivity contribution in [2.24, 2.45) is 7.05 Å². The zero-order chi connectivity index (χ0) is 15.7. The summed E-state index contributed by atoms with van der Waals surface area (Å²) in [5.41, 5.74) is 2.46. The molecule has 2 aromatic carbocycles. The normalized spacial score (nSPS) is 10.9. The van der Waals surface area contributed by atoms with Crippen LogP contribution in [0, 0.1) is 0 Å². The van der Waals surface area contributed by atoms with Crippen LogP contribution in [0.4, 0.5) is 0 Å². The van der Waals surface area contributed by atoms with Crippen LogP contribution in [0.2, 0.25) is 10.0 Å². The molecule has 1 aromatic heterocycles. The molecule has 0 aliphatic heterocycles. The summed E-state index contributed by atoms with van der Waals surface area (Å²) in [6.07, 6.45) is 0. The Kier molecular flexibility index (Phi) is 4.10. The molecule has 5 heteroatoms. The summed E-state index contributed by atoms with van der Waals surface area (Å²) in [6.45, 7) is 0.425. The van der Waals surface area contributed by atoms with E-state index in [1.165, 1.54) is 0 Å². The van der Waals surface area contributed by atoms with E-state index in [0.29, 0.717) is 22.3 Å². The van der Waals surface area contributed by atoms with Gasteiger partial charge in [0.25, 0.3) is 5.91 Å². The van der Waals surface area contributed by atoms with Gasteiger partial charge in [0, 0.05) is 34.5 Å². The highest BCUT2D eigenvalue weighted by atomic mass is 35.5. The number of amides is 1. The summed E-state index contributed by atoms with van der Waals surface area (Å²) in [5, 5.41) is 5.07. The Hall–Kier alpha value is -1.97. The van der Waals surface area contributed by atoms with Crippen LogP contribution in [0.1, 0.15) is 16.1 Å². The van der Waals surface area contributed by atoms with Crippen LogP contribution in [0.3, 0.4) is 0 Å². The van der Waals surface area contributed by atoms with Crippen LogP contribution in [-0.2, 0) is 13.6 Å². The van der Waals surface area contributed by atoms with Crippen molar-refractivity contribution in [1.82, 2.24) is 9.88 Å². The zero-order valence-electron chi connectivity index (χ0n) is 11.9. The van der Waals surface area contributed by atoms with Crippen LogP contribution in [0.25, 0.3) is 10.9 Å². The van der Waals surface area contributed by atoms with Crippen molar-refractivity contribution in [3.8, 4) is 0 Å². The molecule has 0 atom stereocenters. The fourth-order valence-corrected chi connectivity index (χ4v) is 2.90. The van der Waals surface area contributed by atoms with E-state index in [0.717, 1.165) is 16.5 Å². The van der Waals surface area contributed by atoms with Crippen molar-refractivity contribution in [3.05, 3.63) is 69.8 Å². The molecule has 0 aliphatic carbocycles. The van der Waals surface area contributed by atoms with Gasteiger partial charge in [0.15, 0.2) is 0 Å². The summed E-state index contributed by atoms with van der Waals surface area (Å²) in [6, 6.07) is 14.9. The number of hydrogen-bond donors (Lipinski definition) is 1. The minimum atomic E-state index is -0.144. The Morgan fingerprint density at radius 3 is 2.64 bits per heavy atom. The number of benzene rings is 2. The van der Waals surface area contributed by atoms with Gasteiger partial charge in [-0.3, -0.25) is 4.79 Å². The Balaban J connectivity index is 1.83. The Morgan fingerprint density at radius 2 is 1.91 bits per heavy atom. The van der Waals surface area contributed by atoms with E-state index in [4.69, 9.17) is 23.2 Å². The topological polar surface area (TPSA) is 34.0 Å². The Morgan fingerprint density at radius 1 is 1.14 bits per heavy atom. The Labute approximate surface area is 138 Å². The average molecular weight is 333 g/mol. The van der Waals surface area contributed by atoms with E-state index in [2.05, 4.69) is 5.32 Å². The number of nitrogens with one attached hydrogen (secondary N) is 1. The fraction of sp³-hybridized carbons (Fsp3) is 0.118. The third-order valence-corrected chi connectivity index (χ3v) is 4.17. The van der Waals surface area contributed by atoms with Gasteiger partial charge < -0.3 is 9.88 Å². The molecule has 1 amide bonds. The Bertz CT molecular complexity index is 855. The number of carbonyl (C=O) groups excluding carboxylic acids is 1. The van der Waals surface area contributed by atoms with Gasteiger partial charge in [-0.05, 0) is 35.9 Å². The predicted molar refractivity (Wildman–Crippen MR) is 90.6 cm³/mol. The lowest BCUT2D eigenvalue weighted by Crippen LogP contribution is -2.24. The van der Waals surface area contributed by atoms with E-state index in [-0.39, 0.29) is 5.91 Å². The molecule has 0 radical (unpaired) electrons. The molecule has 0 saturated carbocycles. The first-order valence-electron chi connectivity index (χ1n) is 6.83. The molecular formula is C17H14Cl2N2O. The standard InChI is InChI=1S/C17H14Cl2N2O/c1-21-15-7-3-6-14(19)13(15)9-16(21)17(22)20-10-11-4-2-5-12(18)8-11/h2-9H,10H2,1H3,(H,20,22).